The molecule has 1 atom stereocenters. The van der Waals surface area contributed by atoms with Crippen LogP contribution in [0.5, 0.6) is 0 Å². The highest BCUT2D eigenvalue weighted by Crippen LogP contribution is 2.44. The maximum absolute atomic E-state index is 5.58. The number of fused-ring (bicyclic) bond motifs is 2. The van der Waals surface area contributed by atoms with Crippen molar-refractivity contribution in [3.05, 3.63) is 28.8 Å². The topological polar surface area (TPSA) is 21.3 Å². The number of aryl methyl sites for hydroxylation is 2. The molecular weight excluding hydrogens is 186 g/mol. The zero-order valence-corrected chi connectivity index (χ0v) is 9.39. The SMILES string of the molecule is Cc1cc(C)c2c(c1)C1(CCOC1)CN2. The average Bonchev–Trinajstić information content (AvgIpc) is 2.77. The molecule has 0 amide bonds. The maximum atomic E-state index is 5.58. The molecule has 1 spiro atoms. The number of hydrogen-bond acceptors (Lipinski definition) is 2. The van der Waals surface area contributed by atoms with Crippen molar-refractivity contribution in [1.82, 2.24) is 0 Å². The van der Waals surface area contributed by atoms with E-state index >= 15 is 0 Å². The molecule has 1 aromatic carbocycles. The first-order chi connectivity index (χ1) is 7.21. The lowest BCUT2D eigenvalue weighted by molar-refractivity contribution is 0.181. The summed E-state index contributed by atoms with van der Waals surface area (Å²) in [7, 11) is 0. The lowest BCUT2D eigenvalue weighted by Crippen LogP contribution is -2.28. The van der Waals surface area contributed by atoms with Gasteiger partial charge in [-0.2, -0.15) is 0 Å². The molecule has 1 unspecified atom stereocenters. The van der Waals surface area contributed by atoms with Crippen molar-refractivity contribution in [3.63, 3.8) is 0 Å². The normalized spacial score (nSPS) is 28.1. The summed E-state index contributed by atoms with van der Waals surface area (Å²) >= 11 is 0. The molecule has 15 heavy (non-hydrogen) atoms. The maximum Gasteiger partial charge on any atom is 0.0581 e. The van der Waals surface area contributed by atoms with Gasteiger partial charge < -0.3 is 10.1 Å². The summed E-state index contributed by atoms with van der Waals surface area (Å²) in [5, 5.41) is 3.55. The van der Waals surface area contributed by atoms with Gasteiger partial charge in [-0.3, -0.25) is 0 Å². The lowest BCUT2D eigenvalue weighted by atomic mass is 9.81. The van der Waals surface area contributed by atoms with Crippen molar-refractivity contribution in [2.75, 3.05) is 25.1 Å². The second-order valence-corrected chi connectivity index (χ2v) is 4.94. The van der Waals surface area contributed by atoms with E-state index in [1.54, 1.807) is 0 Å². The van der Waals surface area contributed by atoms with E-state index in [9.17, 15) is 0 Å². The summed E-state index contributed by atoms with van der Waals surface area (Å²) in [4.78, 5) is 0. The minimum atomic E-state index is 0.270. The predicted molar refractivity (Wildman–Crippen MR) is 61.5 cm³/mol. The third-order valence-corrected chi connectivity index (χ3v) is 3.76. The van der Waals surface area contributed by atoms with Crippen LogP contribution < -0.4 is 5.32 Å². The van der Waals surface area contributed by atoms with Crippen molar-refractivity contribution >= 4 is 5.69 Å². The van der Waals surface area contributed by atoms with E-state index in [1.807, 2.05) is 0 Å². The molecule has 1 saturated heterocycles. The van der Waals surface area contributed by atoms with Crippen LogP contribution in [0.25, 0.3) is 0 Å². The van der Waals surface area contributed by atoms with Crippen LogP contribution in [0.15, 0.2) is 12.1 Å². The Balaban J connectivity index is 2.16. The van der Waals surface area contributed by atoms with Crippen LogP contribution >= 0.6 is 0 Å². The summed E-state index contributed by atoms with van der Waals surface area (Å²) < 4.78 is 5.58. The van der Waals surface area contributed by atoms with Gasteiger partial charge in [0.2, 0.25) is 0 Å². The standard InChI is InChI=1S/C13H17NO/c1-9-5-10(2)12-11(6-9)13(7-14-12)3-4-15-8-13/h5-6,14H,3-4,7-8H2,1-2H3. The molecule has 2 heteroatoms. The van der Waals surface area contributed by atoms with Crippen LogP contribution in [0.3, 0.4) is 0 Å². The zero-order chi connectivity index (χ0) is 10.5. The number of benzene rings is 1. The fourth-order valence-corrected chi connectivity index (χ4v) is 2.93. The van der Waals surface area contributed by atoms with E-state index in [2.05, 4.69) is 31.3 Å². The molecule has 0 aromatic heterocycles. The van der Waals surface area contributed by atoms with Crippen molar-refractivity contribution in [2.45, 2.75) is 25.7 Å². The van der Waals surface area contributed by atoms with Gasteiger partial charge in [0.15, 0.2) is 0 Å². The molecule has 2 aliphatic rings. The second-order valence-electron chi connectivity index (χ2n) is 4.94. The predicted octanol–water partition coefficient (Wildman–Crippen LogP) is 2.39. The molecule has 1 aromatic rings. The Morgan fingerprint density at radius 2 is 2.20 bits per heavy atom. The molecule has 0 saturated carbocycles. The highest BCUT2D eigenvalue weighted by molar-refractivity contribution is 5.66. The lowest BCUT2D eigenvalue weighted by Gasteiger charge is -2.21. The first-order valence-electron chi connectivity index (χ1n) is 5.65. The second kappa shape index (κ2) is 2.99. The number of rotatable bonds is 0. The molecule has 80 valence electrons. The minimum Gasteiger partial charge on any atom is -0.384 e. The Morgan fingerprint density at radius 3 is 2.93 bits per heavy atom. The number of ether oxygens (including phenoxy) is 1. The van der Waals surface area contributed by atoms with Gasteiger partial charge in [0, 0.05) is 24.3 Å². The monoisotopic (exact) mass is 203 g/mol. The molecule has 2 nitrogen and oxygen atoms in total. The van der Waals surface area contributed by atoms with Gasteiger partial charge in [-0.1, -0.05) is 17.7 Å². The van der Waals surface area contributed by atoms with Gasteiger partial charge in [-0.25, -0.2) is 0 Å². The van der Waals surface area contributed by atoms with Gasteiger partial charge >= 0.3 is 0 Å². The van der Waals surface area contributed by atoms with E-state index in [-0.39, 0.29) is 5.41 Å². The van der Waals surface area contributed by atoms with Crippen LogP contribution in [0.1, 0.15) is 23.1 Å². The van der Waals surface area contributed by atoms with Crippen LogP contribution in [0.4, 0.5) is 5.69 Å². The van der Waals surface area contributed by atoms with Gasteiger partial charge in [0.05, 0.1) is 6.61 Å². The average molecular weight is 203 g/mol. The van der Waals surface area contributed by atoms with Crippen molar-refractivity contribution in [2.24, 2.45) is 0 Å². The fraction of sp³-hybridized carbons (Fsp3) is 0.538. The molecular formula is C13H17NO. The fourth-order valence-electron chi connectivity index (χ4n) is 2.93. The molecule has 0 aliphatic carbocycles. The summed E-state index contributed by atoms with van der Waals surface area (Å²) in [5.41, 5.74) is 5.84. The molecule has 0 bridgehead atoms. The Labute approximate surface area is 90.6 Å². The first-order valence-corrected chi connectivity index (χ1v) is 5.65. The van der Waals surface area contributed by atoms with Crippen LogP contribution in [-0.2, 0) is 10.2 Å². The summed E-state index contributed by atoms with van der Waals surface area (Å²) in [5.74, 6) is 0. The molecule has 0 radical (unpaired) electrons. The smallest absolute Gasteiger partial charge is 0.0581 e. The number of nitrogens with one attached hydrogen (secondary N) is 1. The van der Waals surface area contributed by atoms with Crippen LogP contribution in [0.2, 0.25) is 0 Å². The highest BCUT2D eigenvalue weighted by atomic mass is 16.5. The van der Waals surface area contributed by atoms with Crippen molar-refractivity contribution < 1.29 is 4.74 Å². The quantitative estimate of drug-likeness (QED) is 0.699. The van der Waals surface area contributed by atoms with Gasteiger partial charge in [-0.15, -0.1) is 0 Å². The minimum absolute atomic E-state index is 0.270. The molecule has 1 fully saturated rings. The van der Waals surface area contributed by atoms with Gasteiger partial charge in [0.1, 0.15) is 0 Å². The summed E-state index contributed by atoms with van der Waals surface area (Å²) in [6.07, 6.45) is 1.16. The van der Waals surface area contributed by atoms with E-state index < -0.39 is 0 Å². The number of hydrogen-bond donors (Lipinski definition) is 1. The van der Waals surface area contributed by atoms with E-state index in [4.69, 9.17) is 4.74 Å². The van der Waals surface area contributed by atoms with E-state index in [0.29, 0.717) is 0 Å². The third kappa shape index (κ3) is 1.21. The molecule has 2 heterocycles. The number of anilines is 1. The van der Waals surface area contributed by atoms with Crippen LogP contribution in [0, 0.1) is 13.8 Å². The summed E-state index contributed by atoms with van der Waals surface area (Å²) in [6, 6.07) is 4.58. The Kier molecular flexibility index (Phi) is 1.84. The third-order valence-electron chi connectivity index (χ3n) is 3.76. The van der Waals surface area contributed by atoms with E-state index in [0.717, 1.165) is 26.2 Å². The highest BCUT2D eigenvalue weighted by Gasteiger charge is 2.42. The Hall–Kier alpha value is -1.02. The van der Waals surface area contributed by atoms with E-state index in [1.165, 1.54) is 22.4 Å². The van der Waals surface area contributed by atoms with Gasteiger partial charge in [-0.05, 0) is 31.4 Å². The molecule has 1 N–H and O–H groups in total. The van der Waals surface area contributed by atoms with Crippen LogP contribution in [-0.4, -0.2) is 19.8 Å². The largest absolute Gasteiger partial charge is 0.384 e. The van der Waals surface area contributed by atoms with Crippen molar-refractivity contribution in [3.8, 4) is 0 Å². The first kappa shape index (κ1) is 9.22. The zero-order valence-electron chi connectivity index (χ0n) is 9.39. The molecule has 3 rings (SSSR count). The summed E-state index contributed by atoms with van der Waals surface area (Å²) in [6.45, 7) is 7.21. The Morgan fingerprint density at radius 1 is 1.33 bits per heavy atom. The molecule has 2 aliphatic heterocycles. The van der Waals surface area contributed by atoms with Gasteiger partial charge in [0.25, 0.3) is 0 Å². The van der Waals surface area contributed by atoms with Crippen molar-refractivity contribution in [1.29, 1.82) is 0 Å². The Bertz CT molecular complexity index is 405.